The molecule has 0 aromatic carbocycles. The average molecular weight is 396 g/mol. The van der Waals surface area contributed by atoms with Gasteiger partial charge in [0.1, 0.15) is 11.6 Å². The van der Waals surface area contributed by atoms with Gasteiger partial charge in [0.2, 0.25) is 0 Å². The van der Waals surface area contributed by atoms with E-state index in [2.05, 4.69) is 20.6 Å². The minimum absolute atomic E-state index is 0.0278. The molecule has 0 spiro atoms. The third-order valence-corrected chi connectivity index (χ3v) is 5.00. The molecule has 2 aromatic heterocycles. The Balaban J connectivity index is 1.82. The molecule has 1 saturated heterocycles. The summed E-state index contributed by atoms with van der Waals surface area (Å²) in [6, 6.07) is 6.46. The molecule has 3 amide bonds. The molecule has 9 nitrogen and oxygen atoms in total. The van der Waals surface area contributed by atoms with Crippen molar-refractivity contribution in [2.24, 2.45) is 11.7 Å². The molecular weight excluding hydrogens is 372 g/mol. The highest BCUT2D eigenvalue weighted by atomic mass is 16.2. The van der Waals surface area contributed by atoms with E-state index < -0.39 is 17.7 Å². The number of carbonyl (C=O) groups is 3. The second-order valence-electron chi connectivity index (χ2n) is 7.10. The van der Waals surface area contributed by atoms with Gasteiger partial charge in [-0.15, -0.1) is 0 Å². The molecular formula is C20H24N6O3. The molecule has 1 aliphatic rings. The number of nitrogens with one attached hydrogen (secondary N) is 2. The molecule has 9 heteroatoms. The number of aromatic nitrogens is 2. The summed E-state index contributed by atoms with van der Waals surface area (Å²) in [7, 11) is 1.78. The lowest BCUT2D eigenvalue weighted by Crippen LogP contribution is -2.46. The van der Waals surface area contributed by atoms with E-state index in [0.717, 1.165) is 24.2 Å². The number of nitrogens with two attached hydrogens (primary N) is 1. The highest BCUT2D eigenvalue weighted by molar-refractivity contribution is 6.39. The van der Waals surface area contributed by atoms with E-state index in [-0.39, 0.29) is 23.3 Å². The Hall–Kier alpha value is -3.49. The standard InChI is InChI=1S/C20H24N6O3/c1-12-5-7-15(13-6-8-16(22-2)24-10-13)26(11-12)20(29)19(28)25-18-14(17(21)27)4-3-9-23-18/h3-4,6,8-10,12,15H,5,7,11H2,1-2H3,(H2,21,27)(H,22,24)(H,23,25,28)/t12-,15+/m1/s1. The smallest absolute Gasteiger partial charge is 0.315 e. The highest BCUT2D eigenvalue weighted by Gasteiger charge is 2.34. The van der Waals surface area contributed by atoms with Gasteiger partial charge in [-0.3, -0.25) is 14.4 Å². The van der Waals surface area contributed by atoms with Gasteiger partial charge >= 0.3 is 11.8 Å². The molecule has 1 fully saturated rings. The summed E-state index contributed by atoms with van der Waals surface area (Å²) >= 11 is 0. The number of likely N-dealkylation sites (tertiary alicyclic amines) is 1. The third-order valence-electron chi connectivity index (χ3n) is 5.00. The largest absolute Gasteiger partial charge is 0.373 e. The molecule has 2 aromatic rings. The zero-order valence-electron chi connectivity index (χ0n) is 16.4. The van der Waals surface area contributed by atoms with Crippen LogP contribution in [0.15, 0.2) is 36.7 Å². The lowest BCUT2D eigenvalue weighted by molar-refractivity contribution is -0.146. The van der Waals surface area contributed by atoms with E-state index in [1.165, 1.54) is 18.3 Å². The van der Waals surface area contributed by atoms with Crippen LogP contribution in [0, 0.1) is 5.92 Å². The van der Waals surface area contributed by atoms with Crippen LogP contribution in [0.1, 0.15) is 41.7 Å². The van der Waals surface area contributed by atoms with Crippen molar-refractivity contribution in [2.45, 2.75) is 25.8 Å². The van der Waals surface area contributed by atoms with Gasteiger partial charge in [-0.1, -0.05) is 13.0 Å². The van der Waals surface area contributed by atoms with Crippen LogP contribution in [0.25, 0.3) is 0 Å². The van der Waals surface area contributed by atoms with Crippen molar-refractivity contribution < 1.29 is 14.4 Å². The predicted octanol–water partition coefficient (Wildman–Crippen LogP) is 1.56. The Morgan fingerprint density at radius 3 is 2.62 bits per heavy atom. The van der Waals surface area contributed by atoms with Crippen LogP contribution in [0.3, 0.4) is 0 Å². The summed E-state index contributed by atoms with van der Waals surface area (Å²) in [5.74, 6) is -1.31. The monoisotopic (exact) mass is 396 g/mol. The molecule has 29 heavy (non-hydrogen) atoms. The summed E-state index contributed by atoms with van der Waals surface area (Å²) in [6.07, 6.45) is 4.80. The van der Waals surface area contributed by atoms with Crippen LogP contribution in [0.2, 0.25) is 0 Å². The summed E-state index contributed by atoms with van der Waals surface area (Å²) in [5.41, 5.74) is 6.23. The van der Waals surface area contributed by atoms with Crippen LogP contribution in [-0.4, -0.2) is 46.2 Å². The lowest BCUT2D eigenvalue weighted by atomic mass is 9.90. The summed E-state index contributed by atoms with van der Waals surface area (Å²) in [6.45, 7) is 2.50. The molecule has 0 aliphatic carbocycles. The number of anilines is 2. The minimum Gasteiger partial charge on any atom is -0.373 e. The van der Waals surface area contributed by atoms with E-state index in [4.69, 9.17) is 5.73 Å². The number of amides is 3. The van der Waals surface area contributed by atoms with Crippen molar-refractivity contribution in [3.63, 3.8) is 0 Å². The number of nitrogens with zero attached hydrogens (tertiary/aromatic N) is 3. The Labute approximate surface area is 168 Å². The minimum atomic E-state index is -0.856. The fourth-order valence-corrected chi connectivity index (χ4v) is 3.47. The molecule has 0 saturated carbocycles. The Bertz CT molecular complexity index is 915. The fraction of sp³-hybridized carbons (Fsp3) is 0.350. The van der Waals surface area contributed by atoms with Crippen molar-refractivity contribution >= 4 is 29.4 Å². The van der Waals surface area contributed by atoms with Gasteiger partial charge in [-0.25, -0.2) is 9.97 Å². The van der Waals surface area contributed by atoms with E-state index in [9.17, 15) is 14.4 Å². The van der Waals surface area contributed by atoms with Crippen LogP contribution in [0.4, 0.5) is 11.6 Å². The average Bonchev–Trinajstić information content (AvgIpc) is 2.73. The van der Waals surface area contributed by atoms with Crippen molar-refractivity contribution in [1.82, 2.24) is 14.9 Å². The number of hydrogen-bond donors (Lipinski definition) is 3. The second kappa shape index (κ2) is 8.68. The normalized spacial score (nSPS) is 18.8. The van der Waals surface area contributed by atoms with E-state index in [1.807, 2.05) is 19.1 Å². The number of primary amides is 1. The number of hydrogen-bond acceptors (Lipinski definition) is 6. The molecule has 0 radical (unpaired) electrons. The zero-order chi connectivity index (χ0) is 21.0. The van der Waals surface area contributed by atoms with Crippen LogP contribution in [-0.2, 0) is 9.59 Å². The molecule has 4 N–H and O–H groups in total. The van der Waals surface area contributed by atoms with Gasteiger partial charge in [-0.2, -0.15) is 0 Å². The first-order valence-electron chi connectivity index (χ1n) is 9.41. The molecule has 3 heterocycles. The zero-order valence-corrected chi connectivity index (χ0v) is 16.4. The van der Waals surface area contributed by atoms with Crippen molar-refractivity contribution in [2.75, 3.05) is 24.2 Å². The van der Waals surface area contributed by atoms with Crippen LogP contribution < -0.4 is 16.4 Å². The molecule has 152 valence electrons. The SMILES string of the molecule is CNc1ccc([C@@H]2CC[C@@H](C)CN2C(=O)C(=O)Nc2ncccc2C(N)=O)cn1. The summed E-state index contributed by atoms with van der Waals surface area (Å²) < 4.78 is 0. The number of piperidine rings is 1. The highest BCUT2D eigenvalue weighted by Crippen LogP contribution is 2.33. The summed E-state index contributed by atoms with van der Waals surface area (Å²) in [5, 5.41) is 5.38. The maximum absolute atomic E-state index is 13.0. The first-order chi connectivity index (χ1) is 13.9. The first-order valence-corrected chi connectivity index (χ1v) is 9.41. The van der Waals surface area contributed by atoms with Gasteiger partial charge in [0.05, 0.1) is 11.6 Å². The van der Waals surface area contributed by atoms with Crippen molar-refractivity contribution in [3.8, 4) is 0 Å². The number of pyridine rings is 2. The fourth-order valence-electron chi connectivity index (χ4n) is 3.47. The van der Waals surface area contributed by atoms with Crippen molar-refractivity contribution in [3.05, 3.63) is 47.8 Å². The number of rotatable bonds is 4. The van der Waals surface area contributed by atoms with E-state index in [1.54, 1.807) is 18.1 Å². The maximum Gasteiger partial charge on any atom is 0.315 e. The van der Waals surface area contributed by atoms with Crippen LogP contribution >= 0.6 is 0 Å². The lowest BCUT2D eigenvalue weighted by Gasteiger charge is -2.38. The predicted molar refractivity (Wildman–Crippen MR) is 108 cm³/mol. The van der Waals surface area contributed by atoms with Gasteiger partial charge in [0.15, 0.2) is 0 Å². The molecule has 0 unspecified atom stereocenters. The Morgan fingerprint density at radius 1 is 1.17 bits per heavy atom. The van der Waals surface area contributed by atoms with Gasteiger partial charge in [-0.05, 0) is 42.5 Å². The van der Waals surface area contributed by atoms with E-state index in [0.29, 0.717) is 6.54 Å². The third kappa shape index (κ3) is 4.50. The Morgan fingerprint density at radius 2 is 1.97 bits per heavy atom. The molecule has 1 aliphatic heterocycles. The quantitative estimate of drug-likeness (QED) is 0.672. The van der Waals surface area contributed by atoms with Gasteiger partial charge < -0.3 is 21.3 Å². The molecule has 2 atom stereocenters. The summed E-state index contributed by atoms with van der Waals surface area (Å²) in [4.78, 5) is 47.0. The molecule has 3 rings (SSSR count). The van der Waals surface area contributed by atoms with E-state index >= 15 is 0 Å². The van der Waals surface area contributed by atoms with Crippen LogP contribution in [0.5, 0.6) is 0 Å². The molecule has 0 bridgehead atoms. The number of carbonyl (C=O) groups excluding carboxylic acids is 3. The van der Waals surface area contributed by atoms with Gasteiger partial charge in [0.25, 0.3) is 5.91 Å². The second-order valence-corrected chi connectivity index (χ2v) is 7.10. The maximum atomic E-state index is 13.0. The van der Waals surface area contributed by atoms with Crippen molar-refractivity contribution in [1.29, 1.82) is 0 Å². The van der Waals surface area contributed by atoms with Gasteiger partial charge in [0, 0.05) is 26.0 Å². The topological polar surface area (TPSA) is 130 Å². The Kier molecular flexibility index (Phi) is 6.06. The first kappa shape index (κ1) is 20.2.